The molecule has 0 radical (unpaired) electrons. The largest absolute Gasteiger partial charge is 0.444 e. The normalized spacial score (nSPS) is 11.7. The van der Waals surface area contributed by atoms with Gasteiger partial charge in [-0.05, 0) is 39.7 Å². The first-order chi connectivity index (χ1) is 9.78. The number of hydrogen-bond acceptors (Lipinski definition) is 5. The third kappa shape index (κ3) is 4.04. The second-order valence-electron chi connectivity index (χ2n) is 5.70. The summed E-state index contributed by atoms with van der Waals surface area (Å²) in [6, 6.07) is 0. The van der Waals surface area contributed by atoms with Gasteiger partial charge in [-0.1, -0.05) is 11.6 Å². The first kappa shape index (κ1) is 16.0. The van der Waals surface area contributed by atoms with Crippen molar-refractivity contribution >= 4 is 39.2 Å². The summed E-state index contributed by atoms with van der Waals surface area (Å²) < 4.78 is 6.13. The molecule has 2 rings (SSSR count). The Kier molecular flexibility index (Phi) is 4.68. The Morgan fingerprint density at radius 1 is 1.48 bits per heavy atom. The van der Waals surface area contributed by atoms with E-state index < -0.39 is 11.7 Å². The minimum absolute atomic E-state index is 0.404. The smallest absolute Gasteiger partial charge is 0.407 e. The quantitative estimate of drug-likeness (QED) is 0.933. The van der Waals surface area contributed by atoms with E-state index in [9.17, 15) is 4.79 Å². The van der Waals surface area contributed by atoms with Crippen LogP contribution in [0.25, 0.3) is 10.2 Å². The number of aryl methyl sites for hydroxylation is 1. The van der Waals surface area contributed by atoms with Gasteiger partial charge in [-0.15, -0.1) is 16.4 Å². The van der Waals surface area contributed by atoms with Crippen LogP contribution in [-0.4, -0.2) is 28.4 Å². The van der Waals surface area contributed by atoms with Gasteiger partial charge in [-0.3, -0.25) is 0 Å². The van der Waals surface area contributed by atoms with Crippen molar-refractivity contribution in [2.24, 2.45) is 0 Å². The van der Waals surface area contributed by atoms with Gasteiger partial charge in [0, 0.05) is 11.4 Å². The Balaban J connectivity index is 2.00. The van der Waals surface area contributed by atoms with Crippen molar-refractivity contribution in [3.63, 3.8) is 0 Å². The second-order valence-corrected chi connectivity index (χ2v) is 7.21. The lowest BCUT2D eigenvalue weighted by Gasteiger charge is -2.19. The molecule has 0 aliphatic carbocycles. The van der Waals surface area contributed by atoms with E-state index in [1.165, 1.54) is 0 Å². The zero-order valence-electron chi connectivity index (χ0n) is 12.5. The average molecular weight is 328 g/mol. The van der Waals surface area contributed by atoms with Crippen molar-refractivity contribution in [1.82, 2.24) is 15.5 Å². The summed E-state index contributed by atoms with van der Waals surface area (Å²) in [6.07, 6.45) is 1.85. The number of alkyl carbamates (subject to hydrolysis) is 1. The molecule has 1 N–H and O–H groups in total. The number of thiophene rings is 1. The summed E-state index contributed by atoms with van der Waals surface area (Å²) in [7, 11) is 0. The van der Waals surface area contributed by atoms with E-state index in [2.05, 4.69) is 15.5 Å². The summed E-state index contributed by atoms with van der Waals surface area (Å²) in [5.41, 5.74) is 1.41. The molecule has 5 nitrogen and oxygen atoms in total. The number of amides is 1. The minimum Gasteiger partial charge on any atom is -0.444 e. The molecule has 0 saturated carbocycles. The number of nitrogens with zero attached hydrogens (tertiary/aromatic N) is 2. The molecule has 0 atom stereocenters. The van der Waals surface area contributed by atoms with E-state index >= 15 is 0 Å². The van der Waals surface area contributed by atoms with Crippen molar-refractivity contribution < 1.29 is 9.53 Å². The third-order valence-corrected chi connectivity index (χ3v) is 4.55. The van der Waals surface area contributed by atoms with E-state index in [1.807, 2.05) is 27.7 Å². The number of halogens is 1. The lowest BCUT2D eigenvalue weighted by atomic mass is 10.2. The Morgan fingerprint density at radius 2 is 2.19 bits per heavy atom. The van der Waals surface area contributed by atoms with Gasteiger partial charge in [0.25, 0.3) is 0 Å². The van der Waals surface area contributed by atoms with Crippen molar-refractivity contribution in [2.75, 3.05) is 6.54 Å². The maximum atomic E-state index is 11.6. The molecule has 0 unspecified atom stereocenters. The number of nitrogens with one attached hydrogen (secondary N) is 1. The summed E-state index contributed by atoms with van der Waals surface area (Å²) in [5.74, 6) is 0. The van der Waals surface area contributed by atoms with Crippen LogP contribution in [0.3, 0.4) is 0 Å². The highest BCUT2D eigenvalue weighted by atomic mass is 35.5. The van der Waals surface area contributed by atoms with E-state index in [4.69, 9.17) is 16.3 Å². The number of carbonyl (C=O) groups excluding carboxylic acids is 1. The Labute approximate surface area is 132 Å². The standard InChI is InChI=1S/C14H18ClN3O2S/c1-8-10(5-6-16-13(19)20-14(2,3)4)21-12-9(15)7-17-18-11(8)12/h7H,5-6H2,1-4H3,(H,16,19). The zero-order valence-corrected chi connectivity index (χ0v) is 14.1. The lowest BCUT2D eigenvalue weighted by Crippen LogP contribution is -2.33. The minimum atomic E-state index is -0.485. The second kappa shape index (κ2) is 6.15. The molecule has 0 bridgehead atoms. The fraction of sp³-hybridized carbons (Fsp3) is 0.500. The third-order valence-electron chi connectivity index (χ3n) is 2.78. The van der Waals surface area contributed by atoms with Crippen LogP contribution in [0.4, 0.5) is 4.79 Å². The fourth-order valence-electron chi connectivity index (χ4n) is 1.86. The van der Waals surface area contributed by atoms with Gasteiger partial charge < -0.3 is 10.1 Å². The van der Waals surface area contributed by atoms with Crippen LogP contribution in [0.2, 0.25) is 5.02 Å². The number of hydrogen-bond donors (Lipinski definition) is 1. The molecule has 0 aliphatic heterocycles. The molecule has 0 aliphatic rings. The molecule has 2 heterocycles. The van der Waals surface area contributed by atoms with Crippen molar-refractivity contribution in [3.05, 3.63) is 21.7 Å². The molecule has 0 aromatic carbocycles. The first-order valence-corrected chi connectivity index (χ1v) is 7.83. The van der Waals surface area contributed by atoms with Crippen molar-refractivity contribution in [2.45, 2.75) is 39.7 Å². The van der Waals surface area contributed by atoms with Crippen LogP contribution >= 0.6 is 22.9 Å². The van der Waals surface area contributed by atoms with Crippen LogP contribution in [0.5, 0.6) is 0 Å². The van der Waals surface area contributed by atoms with E-state index in [0.29, 0.717) is 18.0 Å². The number of carbonyl (C=O) groups is 1. The molecule has 2 aromatic rings. The van der Waals surface area contributed by atoms with Gasteiger partial charge in [0.1, 0.15) is 11.1 Å². The molecule has 7 heteroatoms. The Morgan fingerprint density at radius 3 is 2.81 bits per heavy atom. The van der Waals surface area contributed by atoms with Gasteiger partial charge in [0.15, 0.2) is 0 Å². The molecular weight excluding hydrogens is 310 g/mol. The van der Waals surface area contributed by atoms with Gasteiger partial charge in [0.2, 0.25) is 0 Å². The maximum Gasteiger partial charge on any atom is 0.407 e. The molecule has 1 amide bonds. The molecule has 0 saturated heterocycles. The lowest BCUT2D eigenvalue weighted by molar-refractivity contribution is 0.0528. The molecular formula is C14H18ClN3O2S. The highest BCUT2D eigenvalue weighted by Gasteiger charge is 2.16. The maximum absolute atomic E-state index is 11.6. The van der Waals surface area contributed by atoms with Crippen LogP contribution in [-0.2, 0) is 11.2 Å². The summed E-state index contributed by atoms with van der Waals surface area (Å²) in [4.78, 5) is 12.7. The highest BCUT2D eigenvalue weighted by Crippen LogP contribution is 2.33. The number of ether oxygens (including phenoxy) is 1. The van der Waals surface area contributed by atoms with Crippen LogP contribution < -0.4 is 5.32 Å². The summed E-state index contributed by atoms with van der Waals surface area (Å²) in [6.45, 7) is 8.01. The number of aromatic nitrogens is 2. The number of fused-ring (bicyclic) bond motifs is 1. The highest BCUT2D eigenvalue weighted by molar-refractivity contribution is 7.19. The van der Waals surface area contributed by atoms with E-state index in [1.54, 1.807) is 17.5 Å². The molecule has 0 spiro atoms. The summed E-state index contributed by atoms with van der Waals surface area (Å²) >= 11 is 7.71. The Hall–Kier alpha value is -1.40. The predicted molar refractivity (Wildman–Crippen MR) is 85.1 cm³/mol. The Bertz CT molecular complexity index is 664. The number of rotatable bonds is 3. The van der Waals surface area contributed by atoms with E-state index in [0.717, 1.165) is 20.7 Å². The van der Waals surface area contributed by atoms with Crippen LogP contribution in [0, 0.1) is 6.92 Å². The van der Waals surface area contributed by atoms with Gasteiger partial charge in [0.05, 0.1) is 15.9 Å². The van der Waals surface area contributed by atoms with Crippen LogP contribution in [0.15, 0.2) is 6.20 Å². The van der Waals surface area contributed by atoms with E-state index in [-0.39, 0.29) is 0 Å². The van der Waals surface area contributed by atoms with Crippen LogP contribution in [0.1, 0.15) is 31.2 Å². The van der Waals surface area contributed by atoms with Crippen molar-refractivity contribution in [3.8, 4) is 0 Å². The van der Waals surface area contributed by atoms with Crippen molar-refractivity contribution in [1.29, 1.82) is 0 Å². The zero-order chi connectivity index (χ0) is 15.6. The molecule has 114 valence electrons. The van der Waals surface area contributed by atoms with Gasteiger partial charge in [-0.2, -0.15) is 5.10 Å². The van der Waals surface area contributed by atoms with Gasteiger partial charge >= 0.3 is 6.09 Å². The summed E-state index contributed by atoms with van der Waals surface area (Å²) in [5, 5.41) is 11.3. The molecule has 2 aromatic heterocycles. The predicted octanol–water partition coefficient (Wildman–Crippen LogP) is 3.72. The van der Waals surface area contributed by atoms with Gasteiger partial charge in [-0.25, -0.2) is 4.79 Å². The molecule has 21 heavy (non-hydrogen) atoms. The fourth-order valence-corrected chi connectivity index (χ4v) is 3.25. The monoisotopic (exact) mass is 327 g/mol. The molecule has 0 fully saturated rings. The topological polar surface area (TPSA) is 64.1 Å². The SMILES string of the molecule is Cc1c(CCNC(=O)OC(C)(C)C)sc2c(Cl)cnnc12. The average Bonchev–Trinajstić information content (AvgIpc) is 2.67. The first-order valence-electron chi connectivity index (χ1n) is 6.64.